The number of nitrogens with zero attached hydrogens (tertiary/aromatic N) is 3. The number of Topliss-reactive ketones (excluding diaryl/α,β-unsaturated/α-hetero) is 2. The van der Waals surface area contributed by atoms with Crippen LogP contribution in [0.2, 0.25) is 0 Å². The van der Waals surface area contributed by atoms with Gasteiger partial charge in [-0.2, -0.15) is 5.26 Å². The number of aliphatic hydroxyl groups is 3. The van der Waals surface area contributed by atoms with Crippen LogP contribution in [0.5, 0.6) is 0 Å². The van der Waals surface area contributed by atoms with Crippen LogP contribution in [-0.2, 0) is 71.7 Å². The SMILES string of the molecule is C.CCCC(N)C(=O)C(=O)NCC(=O)N[C@H](C)c1ccccc1.CCCC(N)C(O)C(=O)NCC(=O)N[C@H](C)c1ccccc1.CCCC(NC(=O)OC(C)(C)C)C(=O)C(=O)NCC(=O)N[C@H](C)c1ccccc1.CCCC(NC(=O)OC(C)(C)C)C(O)C(=O)NCC(=O)N[C@H](C)c1ccccc1.CCCC(NC(=O)OC(C)(C)C)C(O)C(=O)NCC(=O)O.CCN.Cl.Cl.Cl.OOn1nnc2ccccc21. The number of aromatic nitrogens is 3. The molecule has 0 fully saturated rings. The summed E-state index contributed by atoms with van der Waals surface area (Å²) in [5.41, 5.74) is 19.1. The molecule has 1 heterocycles. The van der Waals surface area contributed by atoms with Gasteiger partial charge >= 0.3 is 24.2 Å². The largest absolute Gasteiger partial charge is 0.480 e. The number of nitrogens with one attached hydrogen (secondary N) is 12. The Labute approximate surface area is 845 Å². The molecule has 0 aliphatic rings. The standard InChI is InChI=1S/C21H33N3O5.C21H31N3O5.C16H25N3O3.C16H23N3O3.C13H24N2O6.C6H5N3O2.C2H7N.CH4.3ClH/c2*1-6-10-16(24-20(28)29-21(3,4)5)18(26)19(27)22-13-17(25)23-14(2)15-11-8-7-9-12-15;2*1-3-7-13(17)15(21)16(22)18-10-14(20)19-11(2)12-8-5-4-6-9-12;1-5-6-8(15-12(20)21-13(2,3)4)10(18)11(19)14-7-9(16)17;10-11-9-6-4-2-1-3-5(6)7-8-9;1-2-3;;;;/h7-9,11-12,14,16,18,26H,6,10,13H2,1-5H3,(H,22,27)(H,23,25)(H,24,28);7-9,11-12,14,16H,6,10,13H2,1-5H3,(H,22,27)(H,23,25)(H,24,28);4-6,8-9,11,13,15,21H,3,7,10,17H2,1-2H3,(H,18,22)(H,19,20);4-6,8-9,11,13H,3,7,10,17H2,1-2H3,(H,18,22)(H,19,20);8,10,18H,5-7H2,1-4H3,(H,14,19)(H,15,20)(H,16,17);1-4,10H;2-3H2,1H3;1H4;3*1H/t14-,16?,18?;14-,16?;11-,13?,15?;11-,13?;;;;;;;/m1111......./s1. The number of carbonyl (C=O) groups excluding carboxylic acids is 14. The highest BCUT2D eigenvalue weighted by Crippen LogP contribution is 2.18. The number of amides is 12. The molecule has 0 bridgehead atoms. The number of fused-ring (bicyclic) bond motifs is 1. The molecule has 0 saturated carbocycles. The summed E-state index contributed by atoms with van der Waals surface area (Å²) in [6.07, 6.45) is -1.23. The maximum absolute atomic E-state index is 12.4. The number of rotatable bonds is 42. The van der Waals surface area contributed by atoms with E-state index in [1.54, 1.807) is 80.5 Å². The Morgan fingerprint density at radius 1 is 0.383 bits per heavy atom. The number of nitrogens with two attached hydrogens (primary N) is 3. The minimum absolute atomic E-state index is 0. The molecule has 794 valence electrons. The number of ketones is 2. The molecule has 1 aromatic heterocycles. The van der Waals surface area contributed by atoms with Crippen molar-refractivity contribution in [2.75, 3.05) is 39.3 Å². The Morgan fingerprint density at radius 3 is 0.972 bits per heavy atom. The molecule has 12 atom stereocenters. The Bertz CT molecular complexity index is 4640. The van der Waals surface area contributed by atoms with Crippen molar-refractivity contribution in [2.24, 2.45) is 17.2 Å². The quantitative estimate of drug-likeness (QED) is 0.00750. The van der Waals surface area contributed by atoms with Crippen LogP contribution in [0.15, 0.2) is 146 Å². The van der Waals surface area contributed by atoms with E-state index in [2.05, 4.69) is 79.1 Å². The van der Waals surface area contributed by atoms with E-state index < -0.39 is 143 Å². The lowest BCUT2D eigenvalue weighted by Gasteiger charge is -2.26. The Balaban J connectivity index is -0.000000526. The maximum atomic E-state index is 12.4. The molecular weight excluding hydrogens is 1900 g/mol. The molecule has 12 amide bonds. The molecule has 0 radical (unpaired) electrons. The first-order valence-electron chi connectivity index (χ1n) is 45.3. The first kappa shape index (κ1) is 137. The van der Waals surface area contributed by atoms with Gasteiger partial charge in [-0.05, 0) is 173 Å². The molecule has 42 nitrogen and oxygen atoms in total. The second kappa shape index (κ2) is 74.7. The number of halogens is 3. The summed E-state index contributed by atoms with van der Waals surface area (Å²) in [5.74, 6) is -8.16. The lowest BCUT2D eigenvalue weighted by Crippen LogP contribution is -2.52. The summed E-state index contributed by atoms with van der Waals surface area (Å²) in [6, 6.07) is 40.0. The molecule has 5 aromatic carbocycles. The van der Waals surface area contributed by atoms with Gasteiger partial charge < -0.3 is 116 Å². The fourth-order valence-electron chi connectivity index (χ4n) is 11.7. The van der Waals surface area contributed by atoms with E-state index in [1.807, 2.05) is 197 Å². The second-order valence-corrected chi connectivity index (χ2v) is 34.1. The van der Waals surface area contributed by atoms with Crippen LogP contribution in [0.1, 0.15) is 250 Å². The highest BCUT2D eigenvalue weighted by molar-refractivity contribution is 6.39. The van der Waals surface area contributed by atoms with E-state index in [4.69, 9.17) is 41.8 Å². The lowest BCUT2D eigenvalue weighted by molar-refractivity contribution is -0.250. The number of aliphatic carboxylic acids is 1. The zero-order valence-electron chi connectivity index (χ0n) is 83.4. The van der Waals surface area contributed by atoms with E-state index in [-0.39, 0.29) is 119 Å². The van der Waals surface area contributed by atoms with Crippen molar-refractivity contribution in [3.63, 3.8) is 0 Å². The van der Waals surface area contributed by atoms with Gasteiger partial charge in [0.05, 0.1) is 68.5 Å². The van der Waals surface area contributed by atoms with Crippen molar-refractivity contribution in [1.29, 1.82) is 0 Å². The molecule has 6 aromatic rings. The molecule has 0 aliphatic heterocycles. The number of aliphatic hydroxyl groups excluding tert-OH is 3. The number of ether oxygens (including phenoxy) is 3. The van der Waals surface area contributed by atoms with Crippen LogP contribution < -0.4 is 86.0 Å². The normalized spacial score (nSPS) is 13.0. The zero-order chi connectivity index (χ0) is 104. The summed E-state index contributed by atoms with van der Waals surface area (Å²) in [7, 11) is 0. The third-order valence-corrected chi connectivity index (χ3v) is 18.4. The third-order valence-electron chi connectivity index (χ3n) is 18.4. The Hall–Kier alpha value is -12.3. The molecule has 0 spiro atoms. The minimum Gasteiger partial charge on any atom is -0.480 e. The first-order valence-corrected chi connectivity index (χ1v) is 45.3. The number of para-hydroxylation sites is 1. The summed E-state index contributed by atoms with van der Waals surface area (Å²) in [4.78, 5) is 182. The monoisotopic (exact) mass is 2050 g/mol. The minimum atomic E-state index is -1.54. The average Bonchev–Trinajstić information content (AvgIpc) is 1.70. The van der Waals surface area contributed by atoms with E-state index in [1.165, 1.54) is 0 Å². The van der Waals surface area contributed by atoms with Gasteiger partial charge in [0.1, 0.15) is 46.5 Å². The van der Waals surface area contributed by atoms with Gasteiger partial charge in [-0.3, -0.25) is 57.5 Å². The van der Waals surface area contributed by atoms with Gasteiger partial charge in [0.15, 0.2) is 12.2 Å². The number of carboxylic acids is 1. The lowest BCUT2D eigenvalue weighted by atomic mass is 10.1. The van der Waals surface area contributed by atoms with Crippen molar-refractivity contribution < 1.29 is 117 Å². The number of hydrogen-bond acceptors (Lipinski definition) is 28. The summed E-state index contributed by atoms with van der Waals surface area (Å²) < 4.78 is 15.4. The fraction of sp³-hybridized carbons (Fsp3) is 0.531. The van der Waals surface area contributed by atoms with Gasteiger partial charge in [-0.25, -0.2) is 19.4 Å². The van der Waals surface area contributed by atoms with Gasteiger partial charge in [0.25, 0.3) is 29.5 Å². The van der Waals surface area contributed by atoms with Crippen LogP contribution in [0, 0.1) is 0 Å². The van der Waals surface area contributed by atoms with Gasteiger partial charge in [0.2, 0.25) is 35.2 Å². The predicted molar refractivity (Wildman–Crippen MR) is 543 cm³/mol. The van der Waals surface area contributed by atoms with Gasteiger partial charge in [-0.15, -0.1) is 42.3 Å². The van der Waals surface area contributed by atoms with Crippen molar-refractivity contribution >= 4 is 137 Å². The zero-order valence-corrected chi connectivity index (χ0v) is 85.8. The molecule has 45 heteroatoms. The topological polar surface area (TPSA) is 647 Å². The van der Waals surface area contributed by atoms with Crippen LogP contribution in [0.25, 0.3) is 11.0 Å². The van der Waals surface area contributed by atoms with E-state index in [0.29, 0.717) is 56.0 Å². The highest BCUT2D eigenvalue weighted by atomic mass is 35.5. The Morgan fingerprint density at radius 2 is 0.667 bits per heavy atom. The molecule has 23 N–H and O–H groups in total. The first-order chi connectivity index (χ1) is 64.4. The van der Waals surface area contributed by atoms with Crippen molar-refractivity contribution in [3.8, 4) is 0 Å². The van der Waals surface area contributed by atoms with E-state index >= 15 is 0 Å². The van der Waals surface area contributed by atoms with Crippen LogP contribution in [0.4, 0.5) is 14.4 Å². The molecule has 141 heavy (non-hydrogen) atoms. The number of alkyl carbamates (subject to hydrolysis) is 3. The van der Waals surface area contributed by atoms with Crippen molar-refractivity contribution in [2.45, 2.75) is 293 Å². The van der Waals surface area contributed by atoms with E-state index in [0.717, 1.165) is 46.5 Å². The van der Waals surface area contributed by atoms with Crippen molar-refractivity contribution in [1.82, 2.24) is 79.0 Å². The van der Waals surface area contributed by atoms with Crippen LogP contribution in [-0.4, -0.2) is 234 Å². The molecule has 6 rings (SSSR count). The highest BCUT2D eigenvalue weighted by Gasteiger charge is 2.34. The summed E-state index contributed by atoms with van der Waals surface area (Å²) in [5, 5.41) is 83.8. The molecule has 0 saturated heterocycles. The number of carbonyl (C=O) groups is 15. The Kier molecular flexibility index (Phi) is 72.7. The average molecular weight is 2050 g/mol. The maximum Gasteiger partial charge on any atom is 0.408 e. The molecular formula is C96H155Cl3N18O24. The third kappa shape index (κ3) is 61.8. The number of benzene rings is 5. The van der Waals surface area contributed by atoms with Gasteiger partial charge in [-0.1, -0.05) is 215 Å². The molecule has 8 unspecified atom stereocenters. The second-order valence-electron chi connectivity index (χ2n) is 34.1. The van der Waals surface area contributed by atoms with Gasteiger partial charge in [0, 0.05) is 6.04 Å². The van der Waals surface area contributed by atoms with E-state index in [9.17, 15) is 87.2 Å². The smallest absolute Gasteiger partial charge is 0.408 e. The summed E-state index contributed by atoms with van der Waals surface area (Å²) in [6.45, 7) is 33.0. The molecule has 0 aliphatic carbocycles. The van der Waals surface area contributed by atoms with Crippen LogP contribution in [0.3, 0.4) is 0 Å². The number of carboxylic acid groups (broad SMARTS) is 1. The van der Waals surface area contributed by atoms with Crippen LogP contribution >= 0.6 is 37.2 Å². The fourth-order valence-corrected chi connectivity index (χ4v) is 11.7. The number of hydrogen-bond donors (Lipinski definition) is 20. The summed E-state index contributed by atoms with van der Waals surface area (Å²) >= 11 is 0. The predicted octanol–water partition coefficient (Wildman–Crippen LogP) is 7.86. The van der Waals surface area contributed by atoms with Crippen molar-refractivity contribution in [3.05, 3.63) is 168 Å².